The summed E-state index contributed by atoms with van der Waals surface area (Å²) < 4.78 is 30.0. The van der Waals surface area contributed by atoms with Crippen LogP contribution >= 0.6 is 15.9 Å². The Balaban J connectivity index is 2.01. The Labute approximate surface area is 146 Å². The number of alkyl halides is 2. The van der Waals surface area contributed by atoms with Gasteiger partial charge in [0.25, 0.3) is 0 Å². The summed E-state index contributed by atoms with van der Waals surface area (Å²) in [6, 6.07) is 8.33. The largest absolute Gasteiger partial charge is 0.434 e. The molecule has 0 radical (unpaired) electrons. The first-order chi connectivity index (χ1) is 11.5. The van der Waals surface area contributed by atoms with Crippen LogP contribution in [0, 0.1) is 6.92 Å². The zero-order chi connectivity index (χ0) is 17.5. The molecule has 2 aromatic rings. The number of aryl methyl sites for hydroxylation is 1. The number of amides is 1. The number of aromatic nitrogens is 1. The van der Waals surface area contributed by atoms with Gasteiger partial charge in [-0.15, -0.1) is 0 Å². The van der Waals surface area contributed by atoms with Crippen molar-refractivity contribution >= 4 is 27.9 Å². The number of benzene rings is 1. The minimum Gasteiger partial charge on any atom is -0.434 e. The van der Waals surface area contributed by atoms with Crippen molar-refractivity contribution in [2.75, 3.05) is 0 Å². The SMILES string of the molecule is Cc1cccnc1C=CC(=O)NCc1cc(Br)ccc1OC(F)F. The van der Waals surface area contributed by atoms with Crippen LogP contribution in [-0.4, -0.2) is 17.5 Å². The summed E-state index contributed by atoms with van der Waals surface area (Å²) in [5, 5.41) is 2.63. The number of pyridine rings is 1. The molecule has 0 aliphatic carbocycles. The maximum atomic E-state index is 12.4. The van der Waals surface area contributed by atoms with Crippen molar-refractivity contribution in [1.29, 1.82) is 0 Å². The van der Waals surface area contributed by atoms with E-state index in [2.05, 4.69) is 31.0 Å². The van der Waals surface area contributed by atoms with Crippen molar-refractivity contribution in [3.05, 3.63) is 63.9 Å². The number of hydrogen-bond acceptors (Lipinski definition) is 3. The van der Waals surface area contributed by atoms with Gasteiger partial charge in [-0.25, -0.2) is 0 Å². The van der Waals surface area contributed by atoms with Crippen molar-refractivity contribution in [1.82, 2.24) is 10.3 Å². The highest BCUT2D eigenvalue weighted by atomic mass is 79.9. The van der Waals surface area contributed by atoms with Crippen LogP contribution in [0.5, 0.6) is 5.75 Å². The van der Waals surface area contributed by atoms with Gasteiger partial charge in [0.1, 0.15) is 5.75 Å². The van der Waals surface area contributed by atoms with Gasteiger partial charge in [0.2, 0.25) is 5.91 Å². The number of halogens is 3. The summed E-state index contributed by atoms with van der Waals surface area (Å²) in [6.07, 6.45) is 4.59. The van der Waals surface area contributed by atoms with Gasteiger partial charge in [0.05, 0.1) is 5.69 Å². The van der Waals surface area contributed by atoms with Crippen LogP contribution in [0.3, 0.4) is 0 Å². The molecule has 1 heterocycles. The van der Waals surface area contributed by atoms with E-state index in [4.69, 9.17) is 0 Å². The molecular formula is C17H15BrF2N2O2. The third-order valence-corrected chi connectivity index (χ3v) is 3.63. The molecule has 0 atom stereocenters. The lowest BCUT2D eigenvalue weighted by Crippen LogP contribution is -2.21. The predicted octanol–water partition coefficient (Wildman–Crippen LogP) is 4.08. The van der Waals surface area contributed by atoms with Crippen molar-refractivity contribution in [3.8, 4) is 5.75 Å². The van der Waals surface area contributed by atoms with E-state index in [1.54, 1.807) is 24.4 Å². The zero-order valence-corrected chi connectivity index (χ0v) is 14.4. The van der Waals surface area contributed by atoms with Crippen LogP contribution < -0.4 is 10.1 Å². The Morgan fingerprint density at radius 1 is 1.42 bits per heavy atom. The quantitative estimate of drug-likeness (QED) is 0.748. The summed E-state index contributed by atoms with van der Waals surface area (Å²) >= 11 is 3.26. The van der Waals surface area contributed by atoms with E-state index in [1.165, 1.54) is 12.1 Å². The Bertz CT molecular complexity index is 751. The van der Waals surface area contributed by atoms with Crippen LogP contribution in [0.4, 0.5) is 8.78 Å². The third-order valence-electron chi connectivity index (χ3n) is 3.13. The second-order valence-electron chi connectivity index (χ2n) is 4.89. The van der Waals surface area contributed by atoms with Crippen LogP contribution in [0.2, 0.25) is 0 Å². The molecule has 1 amide bonds. The number of rotatable bonds is 6. The molecule has 1 aromatic heterocycles. The average Bonchev–Trinajstić information content (AvgIpc) is 2.54. The van der Waals surface area contributed by atoms with Crippen molar-refractivity contribution in [2.24, 2.45) is 0 Å². The normalized spacial score (nSPS) is 11.0. The lowest BCUT2D eigenvalue weighted by atomic mass is 10.2. The van der Waals surface area contributed by atoms with Gasteiger partial charge >= 0.3 is 6.61 Å². The number of hydrogen-bond donors (Lipinski definition) is 1. The monoisotopic (exact) mass is 396 g/mol. The van der Waals surface area contributed by atoms with Gasteiger partial charge in [0, 0.05) is 28.9 Å². The number of carbonyl (C=O) groups is 1. The van der Waals surface area contributed by atoms with E-state index in [-0.39, 0.29) is 18.2 Å². The maximum Gasteiger partial charge on any atom is 0.387 e. The molecule has 7 heteroatoms. The molecule has 0 spiro atoms. The average molecular weight is 397 g/mol. The van der Waals surface area contributed by atoms with E-state index in [1.807, 2.05) is 19.1 Å². The molecule has 126 valence electrons. The summed E-state index contributed by atoms with van der Waals surface area (Å²) in [7, 11) is 0. The highest BCUT2D eigenvalue weighted by molar-refractivity contribution is 9.10. The van der Waals surface area contributed by atoms with Crippen molar-refractivity contribution < 1.29 is 18.3 Å². The lowest BCUT2D eigenvalue weighted by Gasteiger charge is -2.11. The fraction of sp³-hybridized carbons (Fsp3) is 0.176. The molecule has 0 unspecified atom stereocenters. The number of nitrogens with zero attached hydrogens (tertiary/aromatic N) is 1. The van der Waals surface area contributed by atoms with Gasteiger partial charge in [-0.05, 0) is 42.8 Å². The summed E-state index contributed by atoms with van der Waals surface area (Å²) in [4.78, 5) is 16.0. The van der Waals surface area contributed by atoms with Gasteiger partial charge in [-0.1, -0.05) is 22.0 Å². The fourth-order valence-electron chi connectivity index (χ4n) is 1.97. The summed E-state index contributed by atoms with van der Waals surface area (Å²) in [5.41, 5.74) is 2.08. The molecule has 0 saturated heterocycles. The van der Waals surface area contributed by atoms with E-state index in [0.717, 1.165) is 5.56 Å². The van der Waals surface area contributed by atoms with E-state index < -0.39 is 6.61 Å². The van der Waals surface area contributed by atoms with Gasteiger partial charge in [-0.2, -0.15) is 8.78 Å². The minimum atomic E-state index is -2.92. The molecular weight excluding hydrogens is 382 g/mol. The number of nitrogens with one attached hydrogen (secondary N) is 1. The standard InChI is InChI=1S/C17H15BrF2N2O2/c1-11-3-2-8-21-14(11)5-7-16(23)22-10-12-9-13(18)4-6-15(12)24-17(19)20/h2-9,17H,10H2,1H3,(H,22,23). The molecule has 0 bridgehead atoms. The molecule has 0 aliphatic heterocycles. The summed E-state index contributed by atoms with van der Waals surface area (Å²) in [6.45, 7) is -0.973. The topological polar surface area (TPSA) is 51.2 Å². The number of ether oxygens (including phenoxy) is 1. The first kappa shape index (κ1) is 18.1. The van der Waals surface area contributed by atoms with Gasteiger partial charge in [-0.3, -0.25) is 9.78 Å². The zero-order valence-electron chi connectivity index (χ0n) is 12.8. The smallest absolute Gasteiger partial charge is 0.387 e. The molecule has 0 fully saturated rings. The molecule has 1 aromatic carbocycles. The number of carbonyl (C=O) groups excluding carboxylic acids is 1. The summed E-state index contributed by atoms with van der Waals surface area (Å²) in [5.74, 6) is -0.332. The molecule has 0 aliphatic rings. The fourth-order valence-corrected chi connectivity index (χ4v) is 2.37. The molecule has 2 rings (SSSR count). The maximum absolute atomic E-state index is 12.4. The second-order valence-corrected chi connectivity index (χ2v) is 5.80. The highest BCUT2D eigenvalue weighted by Crippen LogP contribution is 2.24. The first-order valence-electron chi connectivity index (χ1n) is 7.06. The van der Waals surface area contributed by atoms with Gasteiger partial charge in [0.15, 0.2) is 0 Å². The minimum absolute atomic E-state index is 0.0260. The Hall–Kier alpha value is -2.28. The predicted molar refractivity (Wildman–Crippen MR) is 90.6 cm³/mol. The molecule has 0 saturated carbocycles. The van der Waals surface area contributed by atoms with Crippen molar-refractivity contribution in [2.45, 2.75) is 20.1 Å². The van der Waals surface area contributed by atoms with Crippen LogP contribution in [0.25, 0.3) is 6.08 Å². The van der Waals surface area contributed by atoms with Crippen LogP contribution in [-0.2, 0) is 11.3 Å². The van der Waals surface area contributed by atoms with Crippen molar-refractivity contribution in [3.63, 3.8) is 0 Å². The molecule has 4 nitrogen and oxygen atoms in total. The second kappa shape index (κ2) is 8.54. The molecule has 1 N–H and O–H groups in total. The molecule has 24 heavy (non-hydrogen) atoms. The van der Waals surface area contributed by atoms with Gasteiger partial charge < -0.3 is 10.1 Å². The Morgan fingerprint density at radius 2 is 2.21 bits per heavy atom. The Kier molecular flexibility index (Phi) is 6.43. The highest BCUT2D eigenvalue weighted by Gasteiger charge is 2.10. The van der Waals surface area contributed by atoms with E-state index in [9.17, 15) is 13.6 Å². The first-order valence-corrected chi connectivity index (χ1v) is 7.86. The lowest BCUT2D eigenvalue weighted by molar-refractivity contribution is -0.116. The van der Waals surface area contributed by atoms with E-state index in [0.29, 0.717) is 15.7 Å². The van der Waals surface area contributed by atoms with E-state index >= 15 is 0 Å². The van der Waals surface area contributed by atoms with Crippen LogP contribution in [0.15, 0.2) is 47.1 Å². The Morgan fingerprint density at radius 3 is 2.92 bits per heavy atom. The third kappa shape index (κ3) is 5.42. The van der Waals surface area contributed by atoms with Crippen LogP contribution in [0.1, 0.15) is 16.8 Å².